The number of amides is 1. The van der Waals surface area contributed by atoms with Crippen LogP contribution in [0.2, 0.25) is 0 Å². The number of carbonyl (C=O) groups excluding carboxylic acids is 1. The van der Waals surface area contributed by atoms with Crippen molar-refractivity contribution in [3.05, 3.63) is 58.4 Å². The maximum atomic E-state index is 13.0. The van der Waals surface area contributed by atoms with Crippen molar-refractivity contribution in [2.75, 3.05) is 34.4 Å². The van der Waals surface area contributed by atoms with Gasteiger partial charge in [0.1, 0.15) is 0 Å². The highest BCUT2D eigenvalue weighted by atomic mass is 79.9. The van der Waals surface area contributed by atoms with Crippen molar-refractivity contribution in [1.29, 1.82) is 0 Å². The highest BCUT2D eigenvalue weighted by Crippen LogP contribution is 2.29. The highest BCUT2D eigenvalue weighted by molar-refractivity contribution is 9.10. The van der Waals surface area contributed by atoms with Crippen LogP contribution in [0, 0.1) is 5.92 Å². The number of piperidine rings is 1. The fourth-order valence-electron chi connectivity index (χ4n) is 4.21. The second kappa shape index (κ2) is 11.0. The van der Waals surface area contributed by atoms with Crippen LogP contribution in [0.15, 0.2) is 51.5 Å². The molecule has 0 atom stereocenters. The molecular formula is C25H29BrN4O4. The van der Waals surface area contributed by atoms with Crippen molar-refractivity contribution < 1.29 is 18.8 Å². The Kier molecular flexibility index (Phi) is 7.84. The second-order valence-electron chi connectivity index (χ2n) is 8.45. The first kappa shape index (κ1) is 24.2. The number of benzene rings is 2. The van der Waals surface area contributed by atoms with E-state index in [4.69, 9.17) is 14.0 Å². The van der Waals surface area contributed by atoms with Gasteiger partial charge in [-0.3, -0.25) is 9.69 Å². The number of halogens is 1. The standard InChI is InChI=1S/C25H29BrN4O4/c1-29(15-17-4-9-21(32-2)22(14-17)33-3)25(31)19-10-12-30(13-11-19)16-23-27-24(28-34-23)18-5-7-20(26)8-6-18/h4-9,14,19H,10-13,15-16H2,1-3H3. The monoisotopic (exact) mass is 528 g/mol. The van der Waals surface area contributed by atoms with Crippen LogP contribution in [0.1, 0.15) is 24.3 Å². The quantitative estimate of drug-likeness (QED) is 0.428. The van der Waals surface area contributed by atoms with Gasteiger partial charge in [-0.05, 0) is 67.9 Å². The molecule has 0 unspecified atom stereocenters. The molecule has 1 aromatic heterocycles. The molecule has 8 nitrogen and oxygen atoms in total. The van der Waals surface area contributed by atoms with Crippen LogP contribution in [-0.2, 0) is 17.9 Å². The maximum Gasteiger partial charge on any atom is 0.241 e. The van der Waals surface area contributed by atoms with Crippen molar-refractivity contribution in [2.45, 2.75) is 25.9 Å². The molecule has 0 bridgehead atoms. The molecule has 0 aliphatic carbocycles. The number of hydrogen-bond acceptors (Lipinski definition) is 7. The number of ether oxygens (including phenoxy) is 2. The minimum atomic E-state index is 0.0161. The SMILES string of the molecule is COc1ccc(CN(C)C(=O)C2CCN(Cc3nc(-c4ccc(Br)cc4)no3)CC2)cc1OC. The fourth-order valence-corrected chi connectivity index (χ4v) is 4.47. The van der Waals surface area contributed by atoms with Gasteiger partial charge in [-0.2, -0.15) is 4.98 Å². The van der Waals surface area contributed by atoms with Crippen LogP contribution in [0.3, 0.4) is 0 Å². The molecular weight excluding hydrogens is 500 g/mol. The van der Waals surface area contributed by atoms with Crippen molar-refractivity contribution in [1.82, 2.24) is 19.9 Å². The lowest BCUT2D eigenvalue weighted by Gasteiger charge is -2.32. The van der Waals surface area contributed by atoms with Crippen molar-refractivity contribution in [3.63, 3.8) is 0 Å². The van der Waals surface area contributed by atoms with Crippen molar-refractivity contribution >= 4 is 21.8 Å². The van der Waals surface area contributed by atoms with Crippen LogP contribution in [0.5, 0.6) is 11.5 Å². The van der Waals surface area contributed by atoms with Gasteiger partial charge in [-0.1, -0.05) is 27.2 Å². The zero-order valence-corrected chi connectivity index (χ0v) is 21.2. The van der Waals surface area contributed by atoms with E-state index in [0.29, 0.717) is 36.3 Å². The molecule has 9 heteroatoms. The van der Waals surface area contributed by atoms with Crippen LogP contribution in [-0.4, -0.2) is 60.2 Å². The summed E-state index contributed by atoms with van der Waals surface area (Å²) in [5.74, 6) is 2.71. The predicted octanol–water partition coefficient (Wildman–Crippen LogP) is 4.39. The lowest BCUT2D eigenvalue weighted by Crippen LogP contribution is -2.40. The first-order chi connectivity index (χ1) is 16.5. The van der Waals surface area contributed by atoms with Gasteiger partial charge >= 0.3 is 0 Å². The molecule has 1 aliphatic heterocycles. The molecule has 1 saturated heterocycles. The summed E-state index contributed by atoms with van der Waals surface area (Å²) < 4.78 is 17.1. The molecule has 0 spiro atoms. The van der Waals surface area contributed by atoms with E-state index >= 15 is 0 Å². The predicted molar refractivity (Wildman–Crippen MR) is 131 cm³/mol. The Morgan fingerprint density at radius 2 is 1.82 bits per heavy atom. The van der Waals surface area contributed by atoms with Crippen molar-refractivity contribution in [2.24, 2.45) is 5.92 Å². The summed E-state index contributed by atoms with van der Waals surface area (Å²) in [5.41, 5.74) is 1.92. The molecule has 180 valence electrons. The average Bonchev–Trinajstić information content (AvgIpc) is 3.32. The first-order valence-electron chi connectivity index (χ1n) is 11.2. The number of nitrogens with zero attached hydrogens (tertiary/aromatic N) is 4. The first-order valence-corrected chi connectivity index (χ1v) is 12.0. The van der Waals surface area contributed by atoms with Gasteiger partial charge in [-0.25, -0.2) is 0 Å². The van der Waals surface area contributed by atoms with E-state index in [1.165, 1.54) is 0 Å². The van der Waals surface area contributed by atoms with Crippen LogP contribution in [0.4, 0.5) is 0 Å². The molecule has 1 fully saturated rings. The van der Waals surface area contributed by atoms with Gasteiger partial charge in [-0.15, -0.1) is 0 Å². The summed E-state index contributed by atoms with van der Waals surface area (Å²) in [6.45, 7) is 2.75. The number of rotatable bonds is 8. The summed E-state index contributed by atoms with van der Waals surface area (Å²) in [5, 5.41) is 4.11. The summed E-state index contributed by atoms with van der Waals surface area (Å²) in [6.07, 6.45) is 1.62. The Morgan fingerprint density at radius 3 is 2.50 bits per heavy atom. The van der Waals surface area contributed by atoms with Crippen LogP contribution >= 0.6 is 15.9 Å². The zero-order chi connectivity index (χ0) is 24.1. The molecule has 34 heavy (non-hydrogen) atoms. The van der Waals surface area contributed by atoms with Gasteiger partial charge in [0.05, 0.1) is 20.8 Å². The summed E-state index contributed by atoms with van der Waals surface area (Å²) in [7, 11) is 5.08. The number of methoxy groups -OCH3 is 2. The molecule has 0 radical (unpaired) electrons. The zero-order valence-electron chi connectivity index (χ0n) is 19.7. The summed E-state index contributed by atoms with van der Waals surface area (Å²) in [4.78, 5) is 21.6. The Bertz CT molecular complexity index is 1110. The normalized spacial score (nSPS) is 14.7. The third-order valence-electron chi connectivity index (χ3n) is 6.11. The lowest BCUT2D eigenvalue weighted by molar-refractivity contribution is -0.136. The Labute approximate surface area is 208 Å². The second-order valence-corrected chi connectivity index (χ2v) is 9.37. The molecule has 1 amide bonds. The number of likely N-dealkylation sites (tertiary alicyclic amines) is 1. The maximum absolute atomic E-state index is 13.0. The van der Waals surface area contributed by atoms with Crippen LogP contribution < -0.4 is 9.47 Å². The van der Waals surface area contributed by atoms with Gasteiger partial charge < -0.3 is 18.9 Å². The third-order valence-corrected chi connectivity index (χ3v) is 6.64. The summed E-state index contributed by atoms with van der Waals surface area (Å²) in [6, 6.07) is 13.6. The van der Waals surface area contributed by atoms with E-state index in [1.807, 2.05) is 49.5 Å². The van der Waals surface area contributed by atoms with Gasteiger partial charge in [0.15, 0.2) is 11.5 Å². The fraction of sp³-hybridized carbons (Fsp3) is 0.400. The Hall–Kier alpha value is -2.91. The molecule has 2 heterocycles. The molecule has 1 aliphatic rings. The van der Waals surface area contributed by atoms with E-state index in [9.17, 15) is 4.79 Å². The van der Waals surface area contributed by atoms with Gasteiger partial charge in [0.25, 0.3) is 0 Å². The largest absolute Gasteiger partial charge is 0.493 e. The van der Waals surface area contributed by atoms with Gasteiger partial charge in [0.2, 0.25) is 17.6 Å². The minimum absolute atomic E-state index is 0.0161. The molecule has 3 aromatic rings. The van der Waals surface area contributed by atoms with E-state index in [2.05, 4.69) is 31.0 Å². The Morgan fingerprint density at radius 1 is 1.12 bits per heavy atom. The number of carbonyl (C=O) groups is 1. The lowest BCUT2D eigenvalue weighted by atomic mass is 9.95. The molecule has 0 saturated carbocycles. The van der Waals surface area contributed by atoms with E-state index in [1.54, 1.807) is 19.1 Å². The molecule has 0 N–H and O–H groups in total. The number of aromatic nitrogens is 2. The highest BCUT2D eigenvalue weighted by Gasteiger charge is 2.28. The third kappa shape index (κ3) is 5.77. The van der Waals surface area contributed by atoms with Gasteiger partial charge in [0, 0.05) is 29.5 Å². The topological polar surface area (TPSA) is 80.9 Å². The van der Waals surface area contributed by atoms with Crippen molar-refractivity contribution in [3.8, 4) is 22.9 Å². The van der Waals surface area contributed by atoms with E-state index < -0.39 is 0 Å². The molecule has 2 aromatic carbocycles. The smallest absolute Gasteiger partial charge is 0.241 e. The Balaban J connectivity index is 1.28. The molecule has 4 rings (SSSR count). The average molecular weight is 529 g/mol. The summed E-state index contributed by atoms with van der Waals surface area (Å²) >= 11 is 3.43. The van der Waals surface area contributed by atoms with E-state index in [-0.39, 0.29) is 11.8 Å². The van der Waals surface area contributed by atoms with Crippen LogP contribution in [0.25, 0.3) is 11.4 Å². The number of hydrogen-bond donors (Lipinski definition) is 0. The van der Waals surface area contributed by atoms with E-state index in [0.717, 1.165) is 41.5 Å². The minimum Gasteiger partial charge on any atom is -0.493 e.